The van der Waals surface area contributed by atoms with Crippen LogP contribution in [-0.4, -0.2) is 118 Å². The van der Waals surface area contributed by atoms with E-state index in [2.05, 4.69) is 0 Å². The van der Waals surface area contributed by atoms with Crippen molar-refractivity contribution in [1.82, 2.24) is 0 Å². The summed E-state index contributed by atoms with van der Waals surface area (Å²) in [5, 5.41) is 0. The Balaban J connectivity index is 0. The van der Waals surface area contributed by atoms with Crippen LogP contribution in [0.25, 0.3) is 0 Å². The molecule has 0 spiro atoms. The van der Waals surface area contributed by atoms with Crippen molar-refractivity contribution < 1.29 is 37.9 Å². The van der Waals surface area contributed by atoms with Crippen molar-refractivity contribution in [2.75, 3.05) is 54.9 Å². The summed E-state index contributed by atoms with van der Waals surface area (Å²) >= 11 is 0. The van der Waals surface area contributed by atoms with E-state index in [1.807, 2.05) is 55.4 Å². The van der Waals surface area contributed by atoms with Crippen LogP contribution in [0.4, 0.5) is 0 Å². The van der Waals surface area contributed by atoms with Crippen LogP contribution in [0.15, 0.2) is 0 Å². The monoisotopic (exact) mass is 488 g/mol. The SMILES string of the molecule is CC.CC.CC.CC.[B]C1OC2(COC)COC1C2OC.[B]C1OC2(COC)COC2C1OC. The van der Waals surface area contributed by atoms with Crippen molar-refractivity contribution >= 4 is 15.7 Å². The molecular formula is C24H50B2O8. The summed E-state index contributed by atoms with van der Waals surface area (Å²) in [6, 6.07) is -0.804. The van der Waals surface area contributed by atoms with E-state index in [1.165, 1.54) is 0 Å². The first kappa shape index (κ1) is 36.0. The summed E-state index contributed by atoms with van der Waals surface area (Å²) in [6.07, 6.45) is -0.515. The number of hydrogen-bond donors (Lipinski definition) is 0. The Kier molecular flexibility index (Phi) is 20.1. The highest BCUT2D eigenvalue weighted by Crippen LogP contribution is 2.42. The minimum Gasteiger partial charge on any atom is -0.381 e. The Morgan fingerprint density at radius 1 is 0.676 bits per heavy atom. The molecule has 200 valence electrons. The van der Waals surface area contributed by atoms with Gasteiger partial charge in [-0.05, 0) is 0 Å². The van der Waals surface area contributed by atoms with Crippen LogP contribution in [0.1, 0.15) is 55.4 Å². The minimum atomic E-state index is -0.492. The molecule has 4 rings (SSSR count). The molecule has 4 heterocycles. The molecule has 8 unspecified atom stereocenters. The van der Waals surface area contributed by atoms with Gasteiger partial charge in [0.25, 0.3) is 0 Å². The van der Waals surface area contributed by atoms with E-state index in [9.17, 15) is 0 Å². The molecule has 4 saturated heterocycles. The quantitative estimate of drug-likeness (QED) is 0.529. The topological polar surface area (TPSA) is 73.8 Å². The van der Waals surface area contributed by atoms with Gasteiger partial charge in [0.2, 0.25) is 0 Å². The molecule has 10 heteroatoms. The first-order chi connectivity index (χ1) is 16.5. The van der Waals surface area contributed by atoms with Gasteiger partial charge in [0.15, 0.2) is 0 Å². The molecule has 0 saturated carbocycles. The predicted octanol–water partition coefficient (Wildman–Crippen LogP) is 2.73. The zero-order valence-corrected chi connectivity index (χ0v) is 23.7. The Bertz CT molecular complexity index is 490. The average Bonchev–Trinajstić information content (AvgIpc) is 3.43. The van der Waals surface area contributed by atoms with Crippen LogP contribution in [0.3, 0.4) is 0 Å². The van der Waals surface area contributed by atoms with Crippen molar-refractivity contribution in [2.24, 2.45) is 0 Å². The second kappa shape index (κ2) is 19.0. The Morgan fingerprint density at radius 2 is 1.15 bits per heavy atom. The van der Waals surface area contributed by atoms with Gasteiger partial charge in [-0.15, -0.1) is 0 Å². The fourth-order valence-corrected chi connectivity index (χ4v) is 4.19. The number of hydrogen-bond acceptors (Lipinski definition) is 8. The molecule has 4 aliphatic rings. The number of methoxy groups -OCH3 is 4. The van der Waals surface area contributed by atoms with Crippen molar-refractivity contribution in [2.45, 2.75) is 103 Å². The van der Waals surface area contributed by atoms with Gasteiger partial charge in [-0.2, -0.15) is 0 Å². The molecule has 0 aromatic rings. The summed E-state index contributed by atoms with van der Waals surface area (Å²) in [5.41, 5.74) is -0.859. The van der Waals surface area contributed by atoms with Crippen LogP contribution in [0.5, 0.6) is 0 Å². The first-order valence-electron chi connectivity index (χ1n) is 12.6. The van der Waals surface area contributed by atoms with Crippen molar-refractivity contribution in [1.29, 1.82) is 0 Å². The molecular weight excluding hydrogens is 438 g/mol. The third-order valence-electron chi connectivity index (χ3n) is 5.35. The lowest BCUT2D eigenvalue weighted by Gasteiger charge is -2.43. The minimum absolute atomic E-state index is 0.0764. The molecule has 2 bridgehead atoms. The van der Waals surface area contributed by atoms with E-state index in [4.69, 9.17) is 53.6 Å². The van der Waals surface area contributed by atoms with Crippen molar-refractivity contribution in [3.63, 3.8) is 0 Å². The normalized spacial score (nSPS) is 37.9. The van der Waals surface area contributed by atoms with Crippen molar-refractivity contribution in [3.8, 4) is 0 Å². The maximum Gasteiger partial charge on any atom is 0.143 e. The molecule has 0 aromatic carbocycles. The van der Waals surface area contributed by atoms with Gasteiger partial charge in [-0.3, -0.25) is 0 Å². The molecule has 0 aromatic heterocycles. The zero-order valence-electron chi connectivity index (χ0n) is 23.7. The number of fused-ring (bicyclic) bond motifs is 3. The van der Waals surface area contributed by atoms with Gasteiger partial charge in [0.05, 0.1) is 26.4 Å². The van der Waals surface area contributed by atoms with Crippen LogP contribution in [-0.2, 0) is 37.9 Å². The molecule has 4 fully saturated rings. The van der Waals surface area contributed by atoms with Crippen molar-refractivity contribution in [3.05, 3.63) is 0 Å². The third-order valence-corrected chi connectivity index (χ3v) is 5.35. The molecule has 8 nitrogen and oxygen atoms in total. The van der Waals surface area contributed by atoms with Gasteiger partial charge >= 0.3 is 0 Å². The summed E-state index contributed by atoms with van der Waals surface area (Å²) in [4.78, 5) is 0. The second-order valence-electron chi connectivity index (χ2n) is 7.02. The van der Waals surface area contributed by atoms with Gasteiger partial charge in [0, 0.05) is 40.4 Å². The molecule has 4 radical (unpaired) electrons. The van der Waals surface area contributed by atoms with Crippen LogP contribution < -0.4 is 0 Å². The number of rotatable bonds is 6. The average molecular weight is 488 g/mol. The third kappa shape index (κ3) is 7.90. The Morgan fingerprint density at radius 3 is 1.53 bits per heavy atom. The van der Waals surface area contributed by atoms with E-state index in [0.29, 0.717) is 26.4 Å². The fourth-order valence-electron chi connectivity index (χ4n) is 4.19. The largest absolute Gasteiger partial charge is 0.381 e. The summed E-state index contributed by atoms with van der Waals surface area (Å²) in [6.45, 7) is 18.0. The number of ether oxygens (including phenoxy) is 8. The smallest absolute Gasteiger partial charge is 0.143 e. The first-order valence-corrected chi connectivity index (χ1v) is 12.6. The van der Waals surface area contributed by atoms with Crippen LogP contribution in [0.2, 0.25) is 0 Å². The summed E-state index contributed by atoms with van der Waals surface area (Å²) in [7, 11) is 18.0. The van der Waals surface area contributed by atoms with E-state index >= 15 is 0 Å². The van der Waals surface area contributed by atoms with Gasteiger partial charge in [-0.1, -0.05) is 55.4 Å². The molecule has 0 N–H and O–H groups in total. The van der Waals surface area contributed by atoms with E-state index in [-0.39, 0.29) is 30.0 Å². The predicted molar refractivity (Wildman–Crippen MR) is 137 cm³/mol. The standard InChI is InChI=1S/2C8H13BO4.4C2H6/c1-10-3-8-4-12-5(6(8)11-2)7(9)13-8;1-10-3-8-4-12-6(8)5(11-2)7(9)13-8;4*1-2/h2*5-7H,3-4H2,1-2H3;4*1-2H3. The Hall–Kier alpha value is -0.190. The molecule has 0 amide bonds. The zero-order chi connectivity index (χ0) is 26.9. The van der Waals surface area contributed by atoms with Crippen LogP contribution in [0, 0.1) is 0 Å². The molecule has 8 atom stereocenters. The molecule has 4 aliphatic heterocycles. The highest BCUT2D eigenvalue weighted by atomic mass is 16.7. The van der Waals surface area contributed by atoms with E-state index in [0.717, 1.165) is 0 Å². The maximum atomic E-state index is 5.74. The highest BCUT2D eigenvalue weighted by Gasteiger charge is 2.61. The lowest BCUT2D eigenvalue weighted by Crippen LogP contribution is -2.61. The summed E-state index contributed by atoms with van der Waals surface area (Å²) in [5.74, 6) is 0. The Labute approximate surface area is 211 Å². The lowest BCUT2D eigenvalue weighted by atomic mass is 9.86. The summed E-state index contributed by atoms with van der Waals surface area (Å²) < 4.78 is 42.7. The van der Waals surface area contributed by atoms with Crippen LogP contribution >= 0.6 is 0 Å². The molecule has 0 aliphatic carbocycles. The van der Waals surface area contributed by atoms with Gasteiger partial charge in [0.1, 0.15) is 51.3 Å². The van der Waals surface area contributed by atoms with E-state index < -0.39 is 17.6 Å². The highest BCUT2D eigenvalue weighted by molar-refractivity contribution is 6.12. The van der Waals surface area contributed by atoms with E-state index in [1.54, 1.807) is 28.4 Å². The molecule has 34 heavy (non-hydrogen) atoms. The second-order valence-corrected chi connectivity index (χ2v) is 7.02. The van der Waals surface area contributed by atoms with Gasteiger partial charge in [-0.25, -0.2) is 0 Å². The maximum absolute atomic E-state index is 5.74. The van der Waals surface area contributed by atoms with Gasteiger partial charge < -0.3 is 37.9 Å². The lowest BCUT2D eigenvalue weighted by molar-refractivity contribution is -0.244. The fraction of sp³-hybridized carbons (Fsp3) is 1.00.